The first-order valence-corrected chi connectivity index (χ1v) is 13.5. The number of amides is 4. The van der Waals surface area contributed by atoms with Gasteiger partial charge in [-0.05, 0) is 30.5 Å². The van der Waals surface area contributed by atoms with Crippen molar-refractivity contribution in [3.63, 3.8) is 0 Å². The van der Waals surface area contributed by atoms with Gasteiger partial charge < -0.3 is 31.5 Å². The Kier molecular flexibility index (Phi) is 14.1. The van der Waals surface area contributed by atoms with Gasteiger partial charge in [0.25, 0.3) is 0 Å². The van der Waals surface area contributed by atoms with Crippen LogP contribution in [0, 0.1) is 0 Å². The number of hydrogen-bond acceptors (Lipinski definition) is 7. The zero-order valence-corrected chi connectivity index (χ0v) is 23.4. The molecule has 11 nitrogen and oxygen atoms in total. The molecule has 12 heteroatoms. The van der Waals surface area contributed by atoms with Gasteiger partial charge in [0.2, 0.25) is 23.6 Å². The third-order valence-corrected chi connectivity index (χ3v) is 5.96. The smallest absolute Gasteiger partial charge is 0.328 e. The largest absolute Gasteiger partial charge is 0.463 e. The average Bonchev–Trinajstić information content (AvgIpc) is 2.95. The number of aliphatic hydroxyl groups excluding tert-OH is 1. The number of carbonyl (C=O) groups excluding carboxylic acids is 5. The van der Waals surface area contributed by atoms with Crippen molar-refractivity contribution in [3.05, 3.63) is 77.9 Å². The van der Waals surface area contributed by atoms with E-state index < -0.39 is 53.8 Å². The number of nitrogens with one attached hydrogen (secondary N) is 3. The summed E-state index contributed by atoms with van der Waals surface area (Å²) in [4.78, 5) is 62.9. The number of rotatable bonds is 16. The van der Waals surface area contributed by atoms with Gasteiger partial charge in [0, 0.05) is 18.9 Å². The van der Waals surface area contributed by atoms with E-state index in [2.05, 4.69) is 16.0 Å². The van der Waals surface area contributed by atoms with Crippen LogP contribution in [0.2, 0.25) is 0 Å². The van der Waals surface area contributed by atoms with E-state index in [1.165, 1.54) is 13.0 Å². The maximum absolute atomic E-state index is 13.4. The molecule has 2 aromatic rings. The number of halogens is 1. The highest BCUT2D eigenvalue weighted by atomic mass is 35.5. The number of aliphatic hydroxyl groups is 1. The maximum Gasteiger partial charge on any atom is 0.328 e. The molecule has 2 aromatic carbocycles. The Bertz CT molecular complexity index is 1190. The molecular formula is C29H35ClN4O7. The van der Waals surface area contributed by atoms with Gasteiger partial charge in [-0.15, -0.1) is 11.6 Å². The molecule has 0 saturated heterocycles. The highest BCUT2D eigenvalue weighted by Gasteiger charge is 2.32. The number of hydrogen-bond donors (Lipinski definition) is 5. The lowest BCUT2D eigenvalue weighted by molar-refractivity contribution is -0.148. The standard InChI is InChI=1S/C29H35ClN4O7/c1-19(35)26(34-25(37)15-12-20-8-4-2-5-9-20)28(39)33-23(18-21-10-6-3-7-11-21)27(38)32-22(13-14-24(31)36)29(40)41-17-16-30/h2-12,15,19,22-23,26,35H,13-14,16-18H2,1H3,(H2,31,36)(H,32,38)(H,33,39)(H,34,37)/b15-12+/t19-,22+,23+,26+/m1/s1. The molecule has 6 N–H and O–H groups in total. The number of esters is 1. The maximum atomic E-state index is 13.4. The van der Waals surface area contributed by atoms with Crippen molar-refractivity contribution in [1.82, 2.24) is 16.0 Å². The second-order valence-corrected chi connectivity index (χ2v) is 9.52. The van der Waals surface area contributed by atoms with E-state index >= 15 is 0 Å². The quantitative estimate of drug-likeness (QED) is 0.110. The minimum atomic E-state index is -1.40. The van der Waals surface area contributed by atoms with E-state index in [9.17, 15) is 29.1 Å². The van der Waals surface area contributed by atoms with Crippen LogP contribution in [0.15, 0.2) is 66.7 Å². The summed E-state index contributed by atoms with van der Waals surface area (Å²) in [6, 6.07) is 13.9. The normalized spacial score (nSPS) is 13.8. The average molecular weight is 587 g/mol. The summed E-state index contributed by atoms with van der Waals surface area (Å²) in [5.74, 6) is -3.67. The summed E-state index contributed by atoms with van der Waals surface area (Å²) >= 11 is 5.58. The fraction of sp³-hybridized carbons (Fsp3) is 0.345. The molecule has 0 unspecified atom stereocenters. The van der Waals surface area contributed by atoms with Crippen molar-refractivity contribution in [2.45, 2.75) is 50.4 Å². The lowest BCUT2D eigenvalue weighted by Gasteiger charge is -2.26. The molecule has 0 heterocycles. The number of primary amides is 1. The van der Waals surface area contributed by atoms with E-state index in [1.54, 1.807) is 60.7 Å². The summed E-state index contributed by atoms with van der Waals surface area (Å²) in [7, 11) is 0. The van der Waals surface area contributed by atoms with Crippen LogP contribution in [-0.4, -0.2) is 71.4 Å². The van der Waals surface area contributed by atoms with E-state index in [-0.39, 0.29) is 31.7 Å². The van der Waals surface area contributed by atoms with Crippen molar-refractivity contribution in [3.8, 4) is 0 Å². The van der Waals surface area contributed by atoms with E-state index in [0.717, 1.165) is 5.56 Å². The number of ether oxygens (including phenoxy) is 1. The Hall–Kier alpha value is -4.22. The van der Waals surface area contributed by atoms with Gasteiger partial charge in [-0.2, -0.15) is 0 Å². The second-order valence-electron chi connectivity index (χ2n) is 9.14. The molecule has 0 aliphatic heterocycles. The Morgan fingerprint density at radius 3 is 2.12 bits per heavy atom. The molecule has 0 fully saturated rings. The van der Waals surface area contributed by atoms with Gasteiger partial charge in [0.1, 0.15) is 24.7 Å². The first-order valence-electron chi connectivity index (χ1n) is 13.0. The molecule has 0 aromatic heterocycles. The first-order chi connectivity index (χ1) is 19.6. The molecule has 0 aliphatic carbocycles. The number of carbonyl (C=O) groups is 5. The van der Waals surface area contributed by atoms with Crippen LogP contribution in [-0.2, 0) is 35.1 Å². The van der Waals surface area contributed by atoms with Gasteiger partial charge in [-0.1, -0.05) is 60.7 Å². The fourth-order valence-electron chi connectivity index (χ4n) is 3.71. The summed E-state index contributed by atoms with van der Waals surface area (Å²) < 4.78 is 5.02. The van der Waals surface area contributed by atoms with Crippen molar-refractivity contribution < 1.29 is 33.8 Å². The molecule has 4 atom stereocenters. The third kappa shape index (κ3) is 12.2. The number of alkyl halides is 1. The highest BCUT2D eigenvalue weighted by Crippen LogP contribution is 2.08. The van der Waals surface area contributed by atoms with E-state index in [0.29, 0.717) is 5.56 Å². The summed E-state index contributed by atoms with van der Waals surface area (Å²) in [5.41, 5.74) is 6.66. The van der Waals surface area contributed by atoms with Gasteiger partial charge in [-0.25, -0.2) is 4.79 Å². The number of benzene rings is 2. The minimum absolute atomic E-state index is 0.0199. The van der Waals surface area contributed by atoms with Crippen molar-refractivity contribution in [2.24, 2.45) is 5.73 Å². The lowest BCUT2D eigenvalue weighted by atomic mass is 10.0. The second kappa shape index (κ2) is 17.5. The highest BCUT2D eigenvalue weighted by molar-refractivity contribution is 6.18. The SMILES string of the molecule is C[C@@H](O)[C@H](NC(=O)/C=C/c1ccccc1)C(=O)N[C@@H](Cc1ccccc1)C(=O)N[C@@H](CCC(N)=O)C(=O)OCCCl. The molecule has 0 bridgehead atoms. The Morgan fingerprint density at radius 1 is 0.927 bits per heavy atom. The van der Waals surface area contributed by atoms with Crippen LogP contribution in [0.1, 0.15) is 30.9 Å². The molecule has 0 saturated carbocycles. The topological polar surface area (TPSA) is 177 Å². The van der Waals surface area contributed by atoms with Gasteiger partial charge >= 0.3 is 5.97 Å². The summed E-state index contributed by atoms with van der Waals surface area (Å²) in [6.07, 6.45) is 1.15. The summed E-state index contributed by atoms with van der Waals surface area (Å²) in [5, 5.41) is 17.8. The molecule has 2 rings (SSSR count). The van der Waals surface area contributed by atoms with Crippen molar-refractivity contribution in [2.75, 3.05) is 12.5 Å². The molecule has 220 valence electrons. The Labute approximate surface area is 243 Å². The van der Waals surface area contributed by atoms with Crippen LogP contribution in [0.5, 0.6) is 0 Å². The summed E-state index contributed by atoms with van der Waals surface area (Å²) in [6.45, 7) is 1.21. The molecule has 41 heavy (non-hydrogen) atoms. The molecule has 0 spiro atoms. The predicted octanol–water partition coefficient (Wildman–Crippen LogP) is 0.825. The molecular weight excluding hydrogens is 552 g/mol. The van der Waals surface area contributed by atoms with E-state index in [1.807, 2.05) is 6.07 Å². The van der Waals surface area contributed by atoms with Gasteiger partial charge in [0.15, 0.2) is 0 Å². The third-order valence-electron chi connectivity index (χ3n) is 5.81. The minimum Gasteiger partial charge on any atom is -0.463 e. The van der Waals surface area contributed by atoms with Crippen LogP contribution in [0.3, 0.4) is 0 Å². The fourth-order valence-corrected chi connectivity index (χ4v) is 3.79. The van der Waals surface area contributed by atoms with Crippen LogP contribution in [0.25, 0.3) is 6.08 Å². The van der Waals surface area contributed by atoms with Crippen LogP contribution < -0.4 is 21.7 Å². The lowest BCUT2D eigenvalue weighted by Crippen LogP contribution is -2.58. The van der Waals surface area contributed by atoms with Gasteiger partial charge in [0.05, 0.1) is 12.0 Å². The van der Waals surface area contributed by atoms with Crippen molar-refractivity contribution >= 4 is 47.3 Å². The monoisotopic (exact) mass is 586 g/mol. The van der Waals surface area contributed by atoms with Crippen LogP contribution in [0.4, 0.5) is 0 Å². The molecule has 4 amide bonds. The number of nitrogens with two attached hydrogens (primary N) is 1. The molecule has 0 radical (unpaired) electrons. The Morgan fingerprint density at radius 2 is 1.54 bits per heavy atom. The zero-order chi connectivity index (χ0) is 30.2. The van der Waals surface area contributed by atoms with E-state index in [4.69, 9.17) is 22.1 Å². The predicted molar refractivity (Wildman–Crippen MR) is 153 cm³/mol. The molecule has 0 aliphatic rings. The van der Waals surface area contributed by atoms with Crippen LogP contribution >= 0.6 is 11.6 Å². The van der Waals surface area contributed by atoms with Gasteiger partial charge in [-0.3, -0.25) is 19.2 Å². The first kappa shape index (κ1) is 33.0. The van der Waals surface area contributed by atoms with Crippen molar-refractivity contribution in [1.29, 1.82) is 0 Å². The Balaban J connectivity index is 2.21. The zero-order valence-electron chi connectivity index (χ0n) is 22.6.